The third-order valence-corrected chi connectivity index (χ3v) is 5.04. The van der Waals surface area contributed by atoms with E-state index in [9.17, 15) is 0 Å². The highest BCUT2D eigenvalue weighted by Gasteiger charge is 2.28. The van der Waals surface area contributed by atoms with Gasteiger partial charge in [0.1, 0.15) is 5.82 Å². The van der Waals surface area contributed by atoms with Gasteiger partial charge in [0.2, 0.25) is 0 Å². The lowest BCUT2D eigenvalue weighted by Gasteiger charge is -2.38. The van der Waals surface area contributed by atoms with Gasteiger partial charge in [0.15, 0.2) is 0 Å². The van der Waals surface area contributed by atoms with E-state index in [0.717, 1.165) is 24.6 Å². The summed E-state index contributed by atoms with van der Waals surface area (Å²) >= 11 is 0. The summed E-state index contributed by atoms with van der Waals surface area (Å²) in [6.45, 7) is 5.25. The van der Waals surface area contributed by atoms with E-state index in [1.54, 1.807) is 0 Å². The summed E-state index contributed by atoms with van der Waals surface area (Å²) in [7, 11) is 0. The van der Waals surface area contributed by atoms with E-state index in [4.69, 9.17) is 10.5 Å². The molecule has 2 aliphatic rings. The molecule has 2 fully saturated rings. The van der Waals surface area contributed by atoms with Crippen molar-refractivity contribution in [3.8, 4) is 0 Å². The fourth-order valence-electron chi connectivity index (χ4n) is 3.57. The zero-order chi connectivity index (χ0) is 14.7. The highest BCUT2D eigenvalue weighted by Crippen LogP contribution is 2.30. The lowest BCUT2D eigenvalue weighted by atomic mass is 10.0. The van der Waals surface area contributed by atoms with Crippen LogP contribution in [0.25, 0.3) is 0 Å². The van der Waals surface area contributed by atoms with Crippen LogP contribution >= 0.6 is 0 Å². The van der Waals surface area contributed by atoms with Crippen molar-refractivity contribution in [3.05, 3.63) is 23.9 Å². The van der Waals surface area contributed by atoms with Gasteiger partial charge >= 0.3 is 0 Å². The Bertz CT molecular complexity index is 442. The molecule has 21 heavy (non-hydrogen) atoms. The highest BCUT2D eigenvalue weighted by atomic mass is 16.5. The second kappa shape index (κ2) is 6.75. The molecule has 0 aromatic carbocycles. The molecule has 4 nitrogen and oxygen atoms in total. The minimum absolute atomic E-state index is 0.137. The highest BCUT2D eigenvalue weighted by molar-refractivity contribution is 5.30. The molecule has 0 spiro atoms. The topological polar surface area (TPSA) is 51.4 Å². The second-order valence-electron chi connectivity index (χ2n) is 6.62. The van der Waals surface area contributed by atoms with Gasteiger partial charge < -0.3 is 10.5 Å². The van der Waals surface area contributed by atoms with Gasteiger partial charge in [-0.1, -0.05) is 31.7 Å². The second-order valence-corrected chi connectivity index (χ2v) is 6.62. The number of nitrogens with two attached hydrogens (primary N) is 1. The van der Waals surface area contributed by atoms with E-state index >= 15 is 0 Å². The van der Waals surface area contributed by atoms with Gasteiger partial charge in [-0.15, -0.1) is 0 Å². The maximum absolute atomic E-state index is 6.00. The van der Waals surface area contributed by atoms with Crippen LogP contribution in [0.15, 0.2) is 18.3 Å². The number of nitrogens with zero attached hydrogens (tertiary/aromatic N) is 2. The normalized spacial score (nSPS) is 28.0. The maximum Gasteiger partial charge on any atom is 0.123 e. The van der Waals surface area contributed by atoms with Crippen LogP contribution in [0, 0.1) is 5.92 Å². The van der Waals surface area contributed by atoms with E-state index in [-0.39, 0.29) is 6.10 Å². The Morgan fingerprint density at radius 3 is 2.86 bits per heavy atom. The Hall–Kier alpha value is -1.13. The Labute approximate surface area is 127 Å². The van der Waals surface area contributed by atoms with Crippen LogP contribution in [-0.2, 0) is 4.74 Å². The van der Waals surface area contributed by atoms with Crippen LogP contribution in [0.2, 0.25) is 0 Å². The third kappa shape index (κ3) is 3.74. The first kappa shape index (κ1) is 14.8. The Morgan fingerprint density at radius 2 is 2.14 bits per heavy atom. The van der Waals surface area contributed by atoms with Crippen LogP contribution in [0.3, 0.4) is 0 Å². The SMILES string of the molecule is C[C@H]1CO[C@@H](c2ccc(N)nc2)CN1CCC1CCCC1. The van der Waals surface area contributed by atoms with E-state index < -0.39 is 0 Å². The molecule has 0 unspecified atom stereocenters. The molecular formula is C17H27N3O. The standard InChI is InChI=1S/C17H27N3O/c1-13-12-21-16(15-6-7-17(18)19-10-15)11-20(13)9-8-14-4-2-3-5-14/h6-7,10,13-14,16H,2-5,8-9,11-12H2,1H3,(H2,18,19)/t13-,16+/m0/s1. The molecule has 2 heterocycles. The van der Waals surface area contributed by atoms with Crippen LogP contribution in [0.1, 0.15) is 50.7 Å². The molecule has 1 saturated heterocycles. The molecule has 116 valence electrons. The first-order valence-corrected chi connectivity index (χ1v) is 8.29. The van der Waals surface area contributed by atoms with Gasteiger partial charge in [-0.25, -0.2) is 4.98 Å². The van der Waals surface area contributed by atoms with Gasteiger partial charge in [-0.05, 0) is 31.9 Å². The van der Waals surface area contributed by atoms with Crippen molar-refractivity contribution in [1.82, 2.24) is 9.88 Å². The quantitative estimate of drug-likeness (QED) is 0.925. The fraction of sp³-hybridized carbons (Fsp3) is 0.706. The molecule has 1 aromatic rings. The molecule has 0 amide bonds. The zero-order valence-corrected chi connectivity index (χ0v) is 13.0. The Morgan fingerprint density at radius 1 is 1.33 bits per heavy atom. The lowest BCUT2D eigenvalue weighted by molar-refractivity contribution is -0.0614. The molecular weight excluding hydrogens is 262 g/mol. The number of anilines is 1. The number of aromatic nitrogens is 1. The number of morpholine rings is 1. The summed E-state index contributed by atoms with van der Waals surface area (Å²) in [5.74, 6) is 1.53. The van der Waals surface area contributed by atoms with Crippen molar-refractivity contribution in [1.29, 1.82) is 0 Å². The summed E-state index contributed by atoms with van der Waals surface area (Å²) in [6, 6.07) is 4.42. The van der Waals surface area contributed by atoms with E-state index in [0.29, 0.717) is 11.9 Å². The molecule has 0 radical (unpaired) electrons. The average Bonchev–Trinajstić information content (AvgIpc) is 3.01. The molecule has 1 saturated carbocycles. The summed E-state index contributed by atoms with van der Waals surface area (Å²) in [6.07, 6.45) is 9.07. The third-order valence-electron chi connectivity index (χ3n) is 5.04. The number of hydrogen-bond acceptors (Lipinski definition) is 4. The van der Waals surface area contributed by atoms with E-state index in [1.165, 1.54) is 38.6 Å². The van der Waals surface area contributed by atoms with Crippen molar-refractivity contribution in [2.24, 2.45) is 5.92 Å². The molecule has 2 N–H and O–H groups in total. The zero-order valence-electron chi connectivity index (χ0n) is 13.0. The number of rotatable bonds is 4. The summed E-state index contributed by atoms with van der Waals surface area (Å²) in [5, 5.41) is 0. The minimum Gasteiger partial charge on any atom is -0.384 e. The van der Waals surface area contributed by atoms with Crippen LogP contribution in [0.4, 0.5) is 5.82 Å². The molecule has 0 bridgehead atoms. The van der Waals surface area contributed by atoms with Crippen molar-refractivity contribution >= 4 is 5.82 Å². The largest absolute Gasteiger partial charge is 0.384 e. The summed E-state index contributed by atoms with van der Waals surface area (Å²) < 4.78 is 6.00. The monoisotopic (exact) mass is 289 g/mol. The van der Waals surface area contributed by atoms with E-state index in [1.807, 2.05) is 18.3 Å². The van der Waals surface area contributed by atoms with Gasteiger partial charge in [0, 0.05) is 24.3 Å². The minimum atomic E-state index is 0.137. The van der Waals surface area contributed by atoms with Crippen molar-refractivity contribution in [3.63, 3.8) is 0 Å². The van der Waals surface area contributed by atoms with Crippen molar-refractivity contribution in [2.75, 3.05) is 25.4 Å². The molecule has 4 heteroatoms. The van der Waals surface area contributed by atoms with Gasteiger partial charge in [0.05, 0.1) is 12.7 Å². The van der Waals surface area contributed by atoms with Gasteiger partial charge in [0.25, 0.3) is 0 Å². The Kier molecular flexibility index (Phi) is 4.76. The van der Waals surface area contributed by atoms with Gasteiger partial charge in [-0.2, -0.15) is 0 Å². The molecule has 3 rings (SSSR count). The summed E-state index contributed by atoms with van der Waals surface area (Å²) in [4.78, 5) is 6.77. The van der Waals surface area contributed by atoms with Crippen LogP contribution in [-0.4, -0.2) is 35.6 Å². The summed E-state index contributed by atoms with van der Waals surface area (Å²) in [5.41, 5.74) is 6.80. The molecule has 1 aromatic heterocycles. The maximum atomic E-state index is 6.00. The first-order valence-electron chi connectivity index (χ1n) is 8.29. The van der Waals surface area contributed by atoms with E-state index in [2.05, 4.69) is 16.8 Å². The number of pyridine rings is 1. The number of hydrogen-bond donors (Lipinski definition) is 1. The molecule has 2 atom stereocenters. The average molecular weight is 289 g/mol. The predicted octanol–water partition coefficient (Wildman–Crippen LogP) is 3.01. The lowest BCUT2D eigenvalue weighted by Crippen LogP contribution is -2.45. The Balaban J connectivity index is 1.57. The van der Waals surface area contributed by atoms with Crippen molar-refractivity contribution < 1.29 is 4.74 Å². The number of ether oxygens (including phenoxy) is 1. The fourth-order valence-corrected chi connectivity index (χ4v) is 3.57. The predicted molar refractivity (Wildman–Crippen MR) is 85.0 cm³/mol. The molecule has 1 aliphatic carbocycles. The van der Waals surface area contributed by atoms with Crippen LogP contribution in [0.5, 0.6) is 0 Å². The van der Waals surface area contributed by atoms with Crippen LogP contribution < -0.4 is 5.73 Å². The number of nitrogen functional groups attached to an aromatic ring is 1. The van der Waals surface area contributed by atoms with Crippen molar-refractivity contribution in [2.45, 2.75) is 51.2 Å². The van der Waals surface area contributed by atoms with Gasteiger partial charge in [-0.3, -0.25) is 4.90 Å². The molecule has 1 aliphatic heterocycles. The first-order chi connectivity index (χ1) is 10.2. The smallest absolute Gasteiger partial charge is 0.123 e.